The molecule has 136 valence electrons. The summed E-state index contributed by atoms with van der Waals surface area (Å²) in [6.45, 7) is 1.78. The molecule has 1 aromatic heterocycles. The number of rotatable bonds is 5. The Kier molecular flexibility index (Phi) is 5.03. The molecule has 1 heterocycles. The molecule has 0 unspecified atom stereocenters. The molecule has 9 heteroatoms. The van der Waals surface area contributed by atoms with Gasteiger partial charge in [-0.15, -0.1) is 23.4 Å². The summed E-state index contributed by atoms with van der Waals surface area (Å²) in [6, 6.07) is 10.6. The molecule has 3 aromatic rings. The first-order valence-electron chi connectivity index (χ1n) is 7.38. The maximum atomic E-state index is 12.5. The normalized spacial score (nSPS) is 11.4. The Morgan fingerprint density at radius 3 is 2.58 bits per heavy atom. The van der Waals surface area contributed by atoms with Crippen LogP contribution in [0.25, 0.3) is 11.5 Å². The second kappa shape index (κ2) is 7.25. The van der Waals surface area contributed by atoms with Crippen LogP contribution in [0.3, 0.4) is 0 Å². The fourth-order valence-corrected chi connectivity index (χ4v) is 2.42. The molecule has 2 aromatic carbocycles. The van der Waals surface area contributed by atoms with Crippen LogP contribution in [0.15, 0.2) is 46.9 Å². The summed E-state index contributed by atoms with van der Waals surface area (Å²) >= 11 is 5.88. The number of aryl methyl sites for hydroxylation is 1. The maximum absolute atomic E-state index is 12.5. The molecule has 0 saturated heterocycles. The molecule has 0 aliphatic carbocycles. The van der Waals surface area contributed by atoms with E-state index in [-0.39, 0.29) is 24.0 Å². The van der Waals surface area contributed by atoms with E-state index in [1.54, 1.807) is 18.2 Å². The summed E-state index contributed by atoms with van der Waals surface area (Å²) in [5.74, 6) is 0.159. The van der Waals surface area contributed by atoms with Gasteiger partial charge in [-0.2, -0.15) is 0 Å². The van der Waals surface area contributed by atoms with Gasteiger partial charge in [-0.3, -0.25) is 0 Å². The monoisotopic (exact) mass is 384 g/mol. The molecule has 0 bridgehead atoms. The zero-order valence-electron chi connectivity index (χ0n) is 13.4. The zero-order valence-corrected chi connectivity index (χ0v) is 14.1. The number of nitrogens with zero attached hydrogens (tertiary/aromatic N) is 2. The van der Waals surface area contributed by atoms with Crippen LogP contribution in [0, 0.1) is 6.92 Å². The molecule has 0 N–H and O–H groups in total. The van der Waals surface area contributed by atoms with Crippen LogP contribution in [0.4, 0.5) is 13.2 Å². The highest BCUT2D eigenvalue weighted by molar-refractivity contribution is 6.30. The Bertz CT molecular complexity index is 912. The number of alkyl halides is 3. The molecule has 0 saturated carbocycles. The van der Waals surface area contributed by atoms with Crippen molar-refractivity contribution in [3.05, 3.63) is 58.9 Å². The molecule has 0 fully saturated rings. The minimum absolute atomic E-state index is 0.0336. The largest absolute Gasteiger partial charge is 0.573 e. The number of aromatic nitrogens is 2. The van der Waals surface area contributed by atoms with Crippen LogP contribution >= 0.6 is 11.6 Å². The smallest absolute Gasteiger partial charge is 0.484 e. The van der Waals surface area contributed by atoms with Gasteiger partial charge < -0.3 is 13.9 Å². The van der Waals surface area contributed by atoms with Gasteiger partial charge in [0.1, 0.15) is 11.5 Å². The fraction of sp³-hybridized carbons (Fsp3) is 0.176. The van der Waals surface area contributed by atoms with E-state index in [0.717, 1.165) is 5.56 Å². The van der Waals surface area contributed by atoms with E-state index in [9.17, 15) is 13.2 Å². The van der Waals surface area contributed by atoms with E-state index < -0.39 is 12.1 Å². The third-order valence-corrected chi connectivity index (χ3v) is 3.53. The summed E-state index contributed by atoms with van der Waals surface area (Å²) in [5.41, 5.74) is 0.854. The third kappa shape index (κ3) is 4.45. The maximum Gasteiger partial charge on any atom is 0.573 e. The second-order valence-electron chi connectivity index (χ2n) is 5.24. The van der Waals surface area contributed by atoms with Crippen LogP contribution in [0.1, 0.15) is 11.5 Å². The first-order valence-corrected chi connectivity index (χ1v) is 7.76. The van der Waals surface area contributed by atoms with Crippen molar-refractivity contribution >= 4 is 11.6 Å². The number of halogens is 4. The quantitative estimate of drug-likeness (QED) is 0.607. The number of hydrogen-bond acceptors (Lipinski definition) is 5. The van der Waals surface area contributed by atoms with Gasteiger partial charge in [0.05, 0.1) is 5.56 Å². The summed E-state index contributed by atoms with van der Waals surface area (Å²) < 4.78 is 52.4. The Labute approximate surface area is 151 Å². The van der Waals surface area contributed by atoms with E-state index in [0.29, 0.717) is 10.8 Å². The van der Waals surface area contributed by atoms with Crippen molar-refractivity contribution in [1.29, 1.82) is 0 Å². The van der Waals surface area contributed by atoms with Crippen molar-refractivity contribution in [2.24, 2.45) is 0 Å². The topological polar surface area (TPSA) is 57.4 Å². The highest BCUT2D eigenvalue weighted by atomic mass is 35.5. The van der Waals surface area contributed by atoms with Crippen LogP contribution in [-0.4, -0.2) is 16.6 Å². The lowest BCUT2D eigenvalue weighted by atomic mass is 10.2. The first-order chi connectivity index (χ1) is 12.3. The van der Waals surface area contributed by atoms with Crippen molar-refractivity contribution in [3.8, 4) is 23.0 Å². The van der Waals surface area contributed by atoms with Gasteiger partial charge in [-0.1, -0.05) is 23.7 Å². The number of para-hydroxylation sites is 1. The van der Waals surface area contributed by atoms with Crippen molar-refractivity contribution in [2.45, 2.75) is 19.9 Å². The van der Waals surface area contributed by atoms with Gasteiger partial charge in [-0.05, 0) is 42.8 Å². The molecular weight excluding hydrogens is 373 g/mol. The standard InChI is InChI=1S/C17H12ClF3N2O3/c1-10-8-11(18)6-7-13(10)24-9-15-22-23-16(25-15)12-4-2-3-5-14(12)26-17(19,20)21/h2-8H,9H2,1H3. The molecule has 0 radical (unpaired) electrons. The zero-order chi connectivity index (χ0) is 18.7. The molecule has 26 heavy (non-hydrogen) atoms. The second-order valence-corrected chi connectivity index (χ2v) is 5.68. The van der Waals surface area contributed by atoms with E-state index >= 15 is 0 Å². The number of hydrogen-bond donors (Lipinski definition) is 0. The van der Waals surface area contributed by atoms with E-state index in [2.05, 4.69) is 14.9 Å². The summed E-state index contributed by atoms with van der Waals surface area (Å²) in [6.07, 6.45) is -4.83. The lowest BCUT2D eigenvalue weighted by molar-refractivity contribution is -0.274. The van der Waals surface area contributed by atoms with E-state index in [1.165, 1.54) is 24.3 Å². The van der Waals surface area contributed by atoms with Crippen molar-refractivity contribution in [2.75, 3.05) is 0 Å². The van der Waals surface area contributed by atoms with Crippen LogP contribution in [0.5, 0.6) is 11.5 Å². The summed E-state index contributed by atoms with van der Waals surface area (Å²) in [4.78, 5) is 0. The molecular formula is C17H12ClF3N2O3. The van der Waals surface area contributed by atoms with E-state index in [1.807, 2.05) is 6.92 Å². The molecule has 3 rings (SSSR count). The Balaban J connectivity index is 1.76. The molecule has 0 amide bonds. The number of benzene rings is 2. The average Bonchev–Trinajstić information content (AvgIpc) is 3.02. The van der Waals surface area contributed by atoms with Crippen molar-refractivity contribution in [3.63, 3.8) is 0 Å². The highest BCUT2D eigenvalue weighted by Crippen LogP contribution is 2.33. The molecule has 0 aliphatic rings. The van der Waals surface area contributed by atoms with Gasteiger partial charge in [0, 0.05) is 5.02 Å². The average molecular weight is 385 g/mol. The van der Waals surface area contributed by atoms with Gasteiger partial charge >= 0.3 is 6.36 Å². The summed E-state index contributed by atoms with van der Waals surface area (Å²) in [7, 11) is 0. The predicted octanol–water partition coefficient (Wildman–Crippen LogP) is 5.18. The minimum atomic E-state index is -4.83. The molecule has 0 spiro atoms. The Morgan fingerprint density at radius 1 is 1.08 bits per heavy atom. The third-order valence-electron chi connectivity index (χ3n) is 3.30. The first kappa shape index (κ1) is 18.1. The van der Waals surface area contributed by atoms with Crippen LogP contribution in [-0.2, 0) is 6.61 Å². The summed E-state index contributed by atoms with van der Waals surface area (Å²) in [5, 5.41) is 8.13. The van der Waals surface area contributed by atoms with Gasteiger partial charge in [-0.25, -0.2) is 0 Å². The van der Waals surface area contributed by atoms with Gasteiger partial charge in [0.15, 0.2) is 6.61 Å². The molecule has 0 aliphatic heterocycles. The van der Waals surface area contributed by atoms with Crippen LogP contribution < -0.4 is 9.47 Å². The molecule has 5 nitrogen and oxygen atoms in total. The van der Waals surface area contributed by atoms with Gasteiger partial charge in [0.25, 0.3) is 11.8 Å². The molecule has 0 atom stereocenters. The van der Waals surface area contributed by atoms with Gasteiger partial charge in [0.2, 0.25) is 0 Å². The van der Waals surface area contributed by atoms with Crippen molar-refractivity contribution in [1.82, 2.24) is 10.2 Å². The van der Waals surface area contributed by atoms with Crippen LogP contribution in [0.2, 0.25) is 5.02 Å². The lowest BCUT2D eigenvalue weighted by Gasteiger charge is -2.10. The van der Waals surface area contributed by atoms with E-state index in [4.69, 9.17) is 20.8 Å². The number of ether oxygens (including phenoxy) is 2. The minimum Gasteiger partial charge on any atom is -0.484 e. The SMILES string of the molecule is Cc1cc(Cl)ccc1OCc1nnc(-c2ccccc2OC(F)(F)F)o1. The van der Waals surface area contributed by atoms with Crippen molar-refractivity contribution < 1.29 is 27.1 Å². The highest BCUT2D eigenvalue weighted by Gasteiger charge is 2.32. The lowest BCUT2D eigenvalue weighted by Crippen LogP contribution is -2.17. The Hall–Kier alpha value is -2.74. The fourth-order valence-electron chi connectivity index (χ4n) is 2.19. The predicted molar refractivity (Wildman–Crippen MR) is 86.9 cm³/mol. The Morgan fingerprint density at radius 2 is 1.85 bits per heavy atom.